The number of hydrogen-bond donors (Lipinski definition) is 2. The molecule has 2 N–H and O–H groups in total. The van der Waals surface area contributed by atoms with E-state index in [1.54, 1.807) is 0 Å². The first kappa shape index (κ1) is 12.8. The number of carbonyl (C=O) groups is 1. The summed E-state index contributed by atoms with van der Waals surface area (Å²) in [5.74, 6) is 1.01. The molecule has 0 aromatic rings. The van der Waals surface area contributed by atoms with Crippen LogP contribution in [0.5, 0.6) is 0 Å². The first-order valence-corrected chi connectivity index (χ1v) is 6.96. The van der Waals surface area contributed by atoms with Crippen molar-refractivity contribution in [1.82, 2.24) is 15.5 Å². The van der Waals surface area contributed by atoms with Gasteiger partial charge in [0.15, 0.2) is 0 Å². The molecule has 2 saturated heterocycles. The van der Waals surface area contributed by atoms with Crippen LogP contribution in [0.2, 0.25) is 0 Å². The molecule has 2 heterocycles. The minimum absolute atomic E-state index is 0.0122. The van der Waals surface area contributed by atoms with Gasteiger partial charge in [0, 0.05) is 32.2 Å². The minimum Gasteiger partial charge on any atom is -0.341 e. The second kappa shape index (κ2) is 5.83. The van der Waals surface area contributed by atoms with Crippen molar-refractivity contribution >= 4 is 5.91 Å². The SMILES string of the molecule is CCC1CCCN(C(=O)C2CNC(C)CN2)C1. The van der Waals surface area contributed by atoms with E-state index in [1.807, 2.05) is 0 Å². The van der Waals surface area contributed by atoms with Gasteiger partial charge in [0.25, 0.3) is 0 Å². The highest BCUT2D eigenvalue weighted by molar-refractivity contribution is 5.82. The minimum atomic E-state index is -0.0122. The summed E-state index contributed by atoms with van der Waals surface area (Å²) in [5, 5.41) is 6.71. The molecule has 17 heavy (non-hydrogen) atoms. The van der Waals surface area contributed by atoms with E-state index < -0.39 is 0 Å². The lowest BCUT2D eigenvalue weighted by molar-refractivity contribution is -0.135. The molecule has 0 aromatic carbocycles. The zero-order valence-corrected chi connectivity index (χ0v) is 11.0. The van der Waals surface area contributed by atoms with Gasteiger partial charge in [-0.3, -0.25) is 4.79 Å². The molecule has 3 atom stereocenters. The Balaban J connectivity index is 1.86. The summed E-state index contributed by atoms with van der Waals surface area (Å²) >= 11 is 0. The number of likely N-dealkylation sites (tertiary alicyclic amines) is 1. The van der Waals surface area contributed by atoms with Crippen LogP contribution in [0.15, 0.2) is 0 Å². The number of amides is 1. The number of hydrogen-bond acceptors (Lipinski definition) is 3. The average Bonchev–Trinajstić information content (AvgIpc) is 2.39. The highest BCUT2D eigenvalue weighted by Crippen LogP contribution is 2.19. The Labute approximate surface area is 104 Å². The van der Waals surface area contributed by atoms with E-state index in [-0.39, 0.29) is 6.04 Å². The van der Waals surface area contributed by atoms with Gasteiger partial charge >= 0.3 is 0 Å². The Bertz CT molecular complexity index is 261. The Kier molecular flexibility index (Phi) is 4.40. The van der Waals surface area contributed by atoms with Crippen LogP contribution in [-0.2, 0) is 4.79 Å². The Morgan fingerprint density at radius 2 is 2.18 bits per heavy atom. The van der Waals surface area contributed by atoms with Crippen LogP contribution in [0, 0.1) is 5.92 Å². The van der Waals surface area contributed by atoms with Crippen LogP contribution in [0.4, 0.5) is 0 Å². The van der Waals surface area contributed by atoms with Crippen molar-refractivity contribution in [1.29, 1.82) is 0 Å². The van der Waals surface area contributed by atoms with Gasteiger partial charge in [0.2, 0.25) is 5.91 Å². The summed E-state index contributed by atoms with van der Waals surface area (Å²) in [4.78, 5) is 14.4. The summed E-state index contributed by atoms with van der Waals surface area (Å²) in [6.07, 6.45) is 3.64. The first-order valence-electron chi connectivity index (χ1n) is 6.96. The molecule has 2 fully saturated rings. The molecule has 0 radical (unpaired) electrons. The number of piperidine rings is 1. The Morgan fingerprint density at radius 1 is 1.35 bits per heavy atom. The normalized spacial score (nSPS) is 34.7. The number of nitrogens with zero attached hydrogens (tertiary/aromatic N) is 1. The molecule has 4 heteroatoms. The molecule has 1 amide bonds. The van der Waals surface area contributed by atoms with Crippen LogP contribution in [0.3, 0.4) is 0 Å². The summed E-state index contributed by atoms with van der Waals surface area (Å²) in [5.41, 5.74) is 0. The van der Waals surface area contributed by atoms with Crippen molar-refractivity contribution in [3.8, 4) is 0 Å². The maximum Gasteiger partial charge on any atom is 0.241 e. The molecule has 0 spiro atoms. The lowest BCUT2D eigenvalue weighted by Gasteiger charge is -2.37. The topological polar surface area (TPSA) is 44.4 Å². The molecular weight excluding hydrogens is 214 g/mol. The first-order chi connectivity index (χ1) is 8.20. The largest absolute Gasteiger partial charge is 0.341 e. The van der Waals surface area contributed by atoms with Crippen LogP contribution in [0.25, 0.3) is 0 Å². The van der Waals surface area contributed by atoms with Crippen LogP contribution >= 0.6 is 0 Å². The van der Waals surface area contributed by atoms with Crippen molar-refractivity contribution in [2.45, 2.75) is 45.2 Å². The van der Waals surface area contributed by atoms with Crippen molar-refractivity contribution in [2.75, 3.05) is 26.2 Å². The van der Waals surface area contributed by atoms with Gasteiger partial charge in [0.05, 0.1) is 6.04 Å². The van der Waals surface area contributed by atoms with E-state index in [4.69, 9.17) is 0 Å². The third-order valence-corrected chi connectivity index (χ3v) is 4.05. The summed E-state index contributed by atoms with van der Waals surface area (Å²) in [6.45, 7) is 7.93. The predicted molar refractivity (Wildman–Crippen MR) is 68.9 cm³/mol. The van der Waals surface area contributed by atoms with Crippen molar-refractivity contribution in [2.24, 2.45) is 5.92 Å². The standard InChI is InChI=1S/C13H25N3O/c1-3-11-5-4-6-16(9-11)13(17)12-8-14-10(2)7-15-12/h10-12,14-15H,3-9H2,1-2H3. The Morgan fingerprint density at radius 3 is 2.82 bits per heavy atom. The molecule has 98 valence electrons. The smallest absolute Gasteiger partial charge is 0.241 e. The second-order valence-corrected chi connectivity index (χ2v) is 5.47. The third-order valence-electron chi connectivity index (χ3n) is 4.05. The molecule has 2 aliphatic heterocycles. The van der Waals surface area contributed by atoms with E-state index in [1.165, 1.54) is 19.3 Å². The van der Waals surface area contributed by atoms with Gasteiger partial charge in [-0.2, -0.15) is 0 Å². The van der Waals surface area contributed by atoms with Gasteiger partial charge in [-0.1, -0.05) is 13.3 Å². The fourth-order valence-electron chi connectivity index (χ4n) is 2.78. The number of nitrogens with one attached hydrogen (secondary N) is 2. The van der Waals surface area contributed by atoms with Crippen LogP contribution in [0.1, 0.15) is 33.1 Å². The second-order valence-electron chi connectivity index (χ2n) is 5.47. The molecule has 2 rings (SSSR count). The van der Waals surface area contributed by atoms with Crippen LogP contribution < -0.4 is 10.6 Å². The molecule has 2 aliphatic rings. The number of piperazine rings is 1. The van der Waals surface area contributed by atoms with E-state index in [2.05, 4.69) is 29.4 Å². The molecule has 0 bridgehead atoms. The lowest BCUT2D eigenvalue weighted by Crippen LogP contribution is -2.60. The summed E-state index contributed by atoms with van der Waals surface area (Å²) in [7, 11) is 0. The lowest BCUT2D eigenvalue weighted by atomic mass is 9.95. The van der Waals surface area contributed by atoms with Crippen molar-refractivity contribution < 1.29 is 4.79 Å². The van der Waals surface area contributed by atoms with Crippen LogP contribution in [-0.4, -0.2) is 49.1 Å². The maximum atomic E-state index is 12.3. The Hall–Kier alpha value is -0.610. The molecule has 0 saturated carbocycles. The quantitative estimate of drug-likeness (QED) is 0.741. The molecule has 0 aliphatic carbocycles. The monoisotopic (exact) mass is 239 g/mol. The van der Waals surface area contributed by atoms with E-state index in [9.17, 15) is 4.79 Å². The van der Waals surface area contributed by atoms with E-state index >= 15 is 0 Å². The van der Waals surface area contributed by atoms with E-state index in [0.29, 0.717) is 17.9 Å². The molecule has 4 nitrogen and oxygen atoms in total. The predicted octanol–water partition coefficient (Wildman–Crippen LogP) is 0.585. The molecule has 0 aromatic heterocycles. The van der Waals surface area contributed by atoms with E-state index in [0.717, 1.165) is 26.2 Å². The van der Waals surface area contributed by atoms with Crippen molar-refractivity contribution in [3.63, 3.8) is 0 Å². The highest BCUT2D eigenvalue weighted by Gasteiger charge is 2.30. The zero-order valence-electron chi connectivity index (χ0n) is 11.0. The molecular formula is C13H25N3O. The summed E-state index contributed by atoms with van der Waals surface area (Å²) < 4.78 is 0. The van der Waals surface area contributed by atoms with Gasteiger partial charge in [-0.25, -0.2) is 0 Å². The van der Waals surface area contributed by atoms with Gasteiger partial charge in [-0.15, -0.1) is 0 Å². The molecule has 3 unspecified atom stereocenters. The fraction of sp³-hybridized carbons (Fsp3) is 0.923. The zero-order chi connectivity index (χ0) is 12.3. The fourth-order valence-corrected chi connectivity index (χ4v) is 2.78. The van der Waals surface area contributed by atoms with Gasteiger partial charge in [-0.05, 0) is 25.7 Å². The number of carbonyl (C=O) groups excluding carboxylic acids is 1. The van der Waals surface area contributed by atoms with Gasteiger partial charge < -0.3 is 15.5 Å². The number of rotatable bonds is 2. The maximum absolute atomic E-state index is 12.3. The van der Waals surface area contributed by atoms with Crippen molar-refractivity contribution in [3.05, 3.63) is 0 Å². The third kappa shape index (κ3) is 3.19. The summed E-state index contributed by atoms with van der Waals surface area (Å²) in [6, 6.07) is 0.464. The highest BCUT2D eigenvalue weighted by atomic mass is 16.2. The average molecular weight is 239 g/mol. The van der Waals surface area contributed by atoms with Gasteiger partial charge in [0.1, 0.15) is 0 Å².